The lowest BCUT2D eigenvalue weighted by Gasteiger charge is -2.33. The summed E-state index contributed by atoms with van der Waals surface area (Å²) < 4.78 is 0. The highest BCUT2D eigenvalue weighted by Crippen LogP contribution is 2.17. The van der Waals surface area contributed by atoms with E-state index in [4.69, 9.17) is 19.8 Å². The molecule has 27 heavy (non-hydrogen) atoms. The number of carboxylic acids is 2. The number of rotatable bonds is 5. The van der Waals surface area contributed by atoms with E-state index in [1.54, 1.807) is 0 Å². The van der Waals surface area contributed by atoms with Crippen molar-refractivity contribution in [3.8, 4) is 0 Å². The van der Waals surface area contributed by atoms with Crippen LogP contribution in [-0.4, -0.2) is 77.1 Å². The third-order valence-electron chi connectivity index (χ3n) is 4.32. The summed E-state index contributed by atoms with van der Waals surface area (Å²) in [5, 5.41) is 17.8. The van der Waals surface area contributed by atoms with Gasteiger partial charge in [-0.3, -0.25) is 9.69 Å². The molecule has 0 saturated carbocycles. The average molecular weight is 379 g/mol. The Hall–Kier alpha value is -2.45. The quantitative estimate of drug-likeness (QED) is 0.666. The zero-order chi connectivity index (χ0) is 20.4. The Balaban J connectivity index is 0.000000527. The molecule has 1 aliphatic rings. The van der Waals surface area contributed by atoms with E-state index in [1.165, 1.54) is 5.56 Å². The van der Waals surface area contributed by atoms with Gasteiger partial charge in [0.25, 0.3) is 0 Å². The Bertz CT molecular complexity index is 611. The molecule has 1 aromatic rings. The van der Waals surface area contributed by atoms with Crippen LogP contribution in [0.25, 0.3) is 0 Å². The molecule has 3 N–H and O–H groups in total. The summed E-state index contributed by atoms with van der Waals surface area (Å²) in [4.78, 5) is 34.9. The lowest BCUT2D eigenvalue weighted by Crippen LogP contribution is -2.48. The second kappa shape index (κ2) is 11.3. The molecule has 150 valence electrons. The number of anilines is 1. The van der Waals surface area contributed by atoms with Crippen molar-refractivity contribution >= 4 is 23.5 Å². The van der Waals surface area contributed by atoms with Gasteiger partial charge in [-0.1, -0.05) is 32.9 Å². The molecule has 0 spiro atoms. The molecular formula is C19H29N3O5. The minimum Gasteiger partial charge on any atom is -0.473 e. The minimum atomic E-state index is -1.82. The fourth-order valence-electron chi connectivity index (χ4n) is 2.62. The second-order valence-corrected chi connectivity index (χ2v) is 6.65. The van der Waals surface area contributed by atoms with E-state index in [2.05, 4.69) is 48.0 Å². The summed E-state index contributed by atoms with van der Waals surface area (Å²) in [6, 6.07) is 8.14. The topological polar surface area (TPSA) is 110 Å². The molecule has 1 heterocycles. The number of benzene rings is 1. The fraction of sp³-hybridized carbons (Fsp3) is 0.526. The van der Waals surface area contributed by atoms with Crippen molar-refractivity contribution in [1.29, 1.82) is 0 Å². The number of hydrogen-bond acceptors (Lipinski definition) is 5. The second-order valence-electron chi connectivity index (χ2n) is 6.65. The molecule has 2 rings (SSSR count). The first-order valence-corrected chi connectivity index (χ1v) is 9.03. The molecule has 1 aliphatic heterocycles. The van der Waals surface area contributed by atoms with Crippen molar-refractivity contribution < 1.29 is 24.6 Å². The van der Waals surface area contributed by atoms with Crippen LogP contribution in [0, 0.1) is 0 Å². The summed E-state index contributed by atoms with van der Waals surface area (Å²) in [5.74, 6) is -3.05. The monoisotopic (exact) mass is 379 g/mol. The number of carboxylic acid groups (broad SMARTS) is 2. The number of likely N-dealkylation sites (N-methyl/N-ethyl adjacent to an activating group) is 1. The largest absolute Gasteiger partial charge is 0.473 e. The highest BCUT2D eigenvalue weighted by atomic mass is 16.4. The first kappa shape index (κ1) is 22.6. The van der Waals surface area contributed by atoms with Crippen LogP contribution in [0.2, 0.25) is 0 Å². The zero-order valence-corrected chi connectivity index (χ0v) is 16.1. The first-order valence-electron chi connectivity index (χ1n) is 9.03. The van der Waals surface area contributed by atoms with Crippen molar-refractivity contribution in [3.63, 3.8) is 0 Å². The predicted molar refractivity (Wildman–Crippen MR) is 103 cm³/mol. The van der Waals surface area contributed by atoms with Gasteiger partial charge in [0.2, 0.25) is 5.91 Å². The lowest BCUT2D eigenvalue weighted by molar-refractivity contribution is -0.159. The molecule has 1 aromatic carbocycles. The Morgan fingerprint density at radius 3 is 1.85 bits per heavy atom. The molecule has 0 unspecified atom stereocenters. The van der Waals surface area contributed by atoms with Gasteiger partial charge < -0.3 is 20.4 Å². The van der Waals surface area contributed by atoms with E-state index in [0.717, 1.165) is 38.4 Å². The lowest BCUT2D eigenvalue weighted by atomic mass is 10.0. The van der Waals surface area contributed by atoms with E-state index in [0.29, 0.717) is 12.5 Å². The Morgan fingerprint density at radius 1 is 0.963 bits per heavy atom. The molecular weight excluding hydrogens is 350 g/mol. The summed E-state index contributed by atoms with van der Waals surface area (Å²) in [5.41, 5.74) is 2.18. The van der Waals surface area contributed by atoms with E-state index in [1.807, 2.05) is 12.1 Å². The smallest absolute Gasteiger partial charge is 0.414 e. The van der Waals surface area contributed by atoms with Crippen LogP contribution < -0.4 is 5.32 Å². The number of hydrogen-bond donors (Lipinski definition) is 3. The standard InChI is InChI=1S/C17H27N3O.C2H2O4/c1-4-19-9-11-20(12-10-19)13-17(21)18-16-7-5-15(6-8-16)14(2)3;3-1(4)2(5)6/h5-8,14H,4,9-13H2,1-3H3,(H,18,21);(H,3,4)(H,5,6). The number of carbonyl (C=O) groups excluding carboxylic acids is 1. The maximum Gasteiger partial charge on any atom is 0.414 e. The van der Waals surface area contributed by atoms with E-state index in [-0.39, 0.29) is 5.91 Å². The van der Waals surface area contributed by atoms with Gasteiger partial charge in [-0.15, -0.1) is 0 Å². The van der Waals surface area contributed by atoms with Gasteiger partial charge in [-0.25, -0.2) is 9.59 Å². The van der Waals surface area contributed by atoms with Gasteiger partial charge in [-0.05, 0) is 30.2 Å². The van der Waals surface area contributed by atoms with Crippen LogP contribution in [0.5, 0.6) is 0 Å². The fourth-order valence-corrected chi connectivity index (χ4v) is 2.62. The third-order valence-corrected chi connectivity index (χ3v) is 4.32. The SMILES string of the molecule is CCN1CCN(CC(=O)Nc2ccc(C(C)C)cc2)CC1.O=C(O)C(=O)O. The summed E-state index contributed by atoms with van der Waals surface area (Å²) in [6.45, 7) is 12.2. The van der Waals surface area contributed by atoms with Crippen LogP contribution >= 0.6 is 0 Å². The molecule has 0 aromatic heterocycles. The maximum atomic E-state index is 12.1. The van der Waals surface area contributed by atoms with Crippen molar-refractivity contribution in [2.45, 2.75) is 26.7 Å². The number of nitrogens with zero attached hydrogens (tertiary/aromatic N) is 2. The third kappa shape index (κ3) is 8.65. The maximum absolute atomic E-state index is 12.1. The molecule has 0 aliphatic carbocycles. The highest BCUT2D eigenvalue weighted by Gasteiger charge is 2.17. The van der Waals surface area contributed by atoms with Crippen molar-refractivity contribution in [3.05, 3.63) is 29.8 Å². The van der Waals surface area contributed by atoms with Gasteiger partial charge in [0, 0.05) is 31.9 Å². The summed E-state index contributed by atoms with van der Waals surface area (Å²) in [6.07, 6.45) is 0. The predicted octanol–water partition coefficient (Wildman–Crippen LogP) is 1.54. The summed E-state index contributed by atoms with van der Waals surface area (Å²) in [7, 11) is 0. The molecule has 8 heteroatoms. The molecule has 0 radical (unpaired) electrons. The van der Waals surface area contributed by atoms with Crippen molar-refractivity contribution in [1.82, 2.24) is 9.80 Å². The number of aliphatic carboxylic acids is 2. The van der Waals surface area contributed by atoms with Crippen LogP contribution in [0.1, 0.15) is 32.3 Å². The molecule has 1 saturated heterocycles. The normalized spacial score (nSPS) is 15.0. The van der Waals surface area contributed by atoms with E-state index in [9.17, 15) is 4.79 Å². The summed E-state index contributed by atoms with van der Waals surface area (Å²) >= 11 is 0. The number of amides is 1. The first-order chi connectivity index (χ1) is 12.7. The van der Waals surface area contributed by atoms with Crippen LogP contribution in [0.3, 0.4) is 0 Å². The molecule has 8 nitrogen and oxygen atoms in total. The Morgan fingerprint density at radius 2 is 1.44 bits per heavy atom. The van der Waals surface area contributed by atoms with E-state index >= 15 is 0 Å². The number of carbonyl (C=O) groups is 3. The Labute approximate surface area is 159 Å². The van der Waals surface area contributed by atoms with Crippen LogP contribution in [-0.2, 0) is 14.4 Å². The van der Waals surface area contributed by atoms with Gasteiger partial charge in [0.1, 0.15) is 0 Å². The van der Waals surface area contributed by atoms with Gasteiger partial charge in [0.15, 0.2) is 0 Å². The number of nitrogens with one attached hydrogen (secondary N) is 1. The van der Waals surface area contributed by atoms with Crippen molar-refractivity contribution in [2.24, 2.45) is 0 Å². The van der Waals surface area contributed by atoms with Crippen molar-refractivity contribution in [2.75, 3.05) is 44.6 Å². The Kier molecular flexibility index (Phi) is 9.46. The van der Waals surface area contributed by atoms with E-state index < -0.39 is 11.9 Å². The molecule has 1 amide bonds. The average Bonchev–Trinajstić information content (AvgIpc) is 2.63. The molecule has 0 atom stereocenters. The van der Waals surface area contributed by atoms with Gasteiger partial charge >= 0.3 is 11.9 Å². The van der Waals surface area contributed by atoms with Gasteiger partial charge in [-0.2, -0.15) is 0 Å². The van der Waals surface area contributed by atoms with Crippen LogP contribution in [0.15, 0.2) is 24.3 Å². The molecule has 0 bridgehead atoms. The minimum absolute atomic E-state index is 0.0808. The highest BCUT2D eigenvalue weighted by molar-refractivity contribution is 6.27. The molecule has 1 fully saturated rings. The van der Waals surface area contributed by atoms with Crippen LogP contribution in [0.4, 0.5) is 5.69 Å². The van der Waals surface area contributed by atoms with Gasteiger partial charge in [0.05, 0.1) is 6.54 Å². The number of piperazine rings is 1. The zero-order valence-electron chi connectivity index (χ0n) is 16.1.